The van der Waals surface area contributed by atoms with Gasteiger partial charge in [0.05, 0.1) is 17.5 Å². The average molecular weight is 500 g/mol. The van der Waals surface area contributed by atoms with Crippen LogP contribution in [0, 0.1) is 23.7 Å². The van der Waals surface area contributed by atoms with Gasteiger partial charge in [-0.25, -0.2) is 0 Å². The van der Waals surface area contributed by atoms with E-state index < -0.39 is 69.8 Å². The van der Waals surface area contributed by atoms with Gasteiger partial charge in [0.25, 0.3) is 0 Å². The Morgan fingerprint density at radius 1 is 1.17 bits per heavy atom. The van der Waals surface area contributed by atoms with Crippen molar-refractivity contribution in [3.8, 4) is 5.75 Å². The molecular formula is C26H33N3O7. The van der Waals surface area contributed by atoms with Crippen LogP contribution >= 0.6 is 0 Å². The van der Waals surface area contributed by atoms with Crippen molar-refractivity contribution < 1.29 is 34.2 Å². The molecule has 2 unspecified atom stereocenters. The molecule has 0 radical (unpaired) electrons. The molecule has 0 spiro atoms. The summed E-state index contributed by atoms with van der Waals surface area (Å²) in [5.74, 6) is -10.5. The number of fused-ring (bicyclic) bond motifs is 3. The number of benzene rings is 1. The minimum absolute atomic E-state index is 0.00961. The van der Waals surface area contributed by atoms with E-state index in [-0.39, 0.29) is 30.7 Å². The number of aliphatic hydroxyl groups is 1. The van der Waals surface area contributed by atoms with Crippen LogP contribution in [0.15, 0.2) is 6.07 Å². The molecular weight excluding hydrogens is 466 g/mol. The predicted molar refractivity (Wildman–Crippen MR) is 128 cm³/mol. The fraction of sp³-hybridized carbons (Fsp3) is 0.577. The molecule has 0 bridgehead atoms. The van der Waals surface area contributed by atoms with E-state index in [4.69, 9.17) is 11.5 Å². The highest BCUT2D eigenvalue weighted by Gasteiger charge is 2.69. The summed E-state index contributed by atoms with van der Waals surface area (Å²) in [6.07, 6.45) is 0.214. The van der Waals surface area contributed by atoms with Crippen molar-refractivity contribution in [2.45, 2.75) is 57.2 Å². The Morgan fingerprint density at radius 2 is 1.78 bits per heavy atom. The average Bonchev–Trinajstić information content (AvgIpc) is 2.75. The Kier molecular flexibility index (Phi) is 6.02. The molecule has 4 rings (SSSR count). The lowest BCUT2D eigenvalue weighted by molar-refractivity contribution is -0.181. The summed E-state index contributed by atoms with van der Waals surface area (Å²) in [5, 5.41) is 22.8. The minimum atomic E-state index is -2.73. The largest absolute Gasteiger partial charge is 0.507 e. The van der Waals surface area contributed by atoms with E-state index in [1.165, 1.54) is 4.90 Å². The number of Topliss-reactive ketones (excluding diaryl/α,β-unsaturated/α-hetero) is 4. The maximum atomic E-state index is 13.9. The maximum absolute atomic E-state index is 13.9. The van der Waals surface area contributed by atoms with E-state index in [9.17, 15) is 34.2 Å². The third kappa shape index (κ3) is 3.38. The van der Waals surface area contributed by atoms with E-state index in [0.29, 0.717) is 16.7 Å². The van der Waals surface area contributed by atoms with Gasteiger partial charge in [0.1, 0.15) is 5.75 Å². The minimum Gasteiger partial charge on any atom is -0.507 e. The fourth-order valence-electron chi connectivity index (χ4n) is 6.50. The number of rotatable bonds is 3. The third-order valence-electron chi connectivity index (χ3n) is 8.18. The van der Waals surface area contributed by atoms with Crippen LogP contribution in [0.2, 0.25) is 0 Å². The molecule has 3 aliphatic rings. The lowest BCUT2D eigenvalue weighted by Crippen LogP contribution is -2.74. The number of ketones is 4. The molecule has 0 heterocycles. The molecule has 36 heavy (non-hydrogen) atoms. The number of hydrogen-bond acceptors (Lipinski definition) is 9. The normalized spacial score (nSPS) is 32.3. The van der Waals surface area contributed by atoms with Gasteiger partial charge in [-0.3, -0.25) is 28.9 Å². The fourth-order valence-corrected chi connectivity index (χ4v) is 6.50. The van der Waals surface area contributed by atoms with Gasteiger partial charge in [-0.05, 0) is 55.5 Å². The number of amides is 1. The van der Waals surface area contributed by atoms with Crippen molar-refractivity contribution in [2.24, 2.45) is 35.1 Å². The second-order valence-corrected chi connectivity index (χ2v) is 11.5. The number of phenols is 1. The van der Waals surface area contributed by atoms with Crippen LogP contribution < -0.4 is 11.5 Å². The molecule has 0 aromatic heterocycles. The van der Waals surface area contributed by atoms with E-state index in [2.05, 4.69) is 0 Å². The van der Waals surface area contributed by atoms with Crippen LogP contribution in [-0.2, 0) is 37.6 Å². The molecule has 3 aliphatic carbocycles. The highest BCUT2D eigenvalue weighted by molar-refractivity contribution is 6.32. The highest BCUT2D eigenvalue weighted by atomic mass is 16.3. The molecule has 10 nitrogen and oxygen atoms in total. The molecule has 1 aromatic rings. The van der Waals surface area contributed by atoms with Gasteiger partial charge in [-0.2, -0.15) is 0 Å². The number of phenolic OH excluding ortho intramolecular Hbond substituents is 1. The van der Waals surface area contributed by atoms with Gasteiger partial charge in [-0.1, -0.05) is 20.8 Å². The number of primary amides is 1. The summed E-state index contributed by atoms with van der Waals surface area (Å²) in [4.78, 5) is 67.6. The second-order valence-electron chi connectivity index (χ2n) is 11.5. The zero-order valence-electron chi connectivity index (χ0n) is 21.1. The zero-order chi connectivity index (χ0) is 27.1. The summed E-state index contributed by atoms with van der Waals surface area (Å²) < 4.78 is 0. The zero-order valence-corrected chi connectivity index (χ0v) is 21.1. The van der Waals surface area contributed by atoms with Crippen LogP contribution in [0.25, 0.3) is 0 Å². The quantitative estimate of drug-likeness (QED) is 0.403. The van der Waals surface area contributed by atoms with E-state index in [0.717, 1.165) is 0 Å². The van der Waals surface area contributed by atoms with Crippen molar-refractivity contribution >= 4 is 29.0 Å². The van der Waals surface area contributed by atoms with E-state index in [1.807, 2.05) is 20.8 Å². The number of carbonyl (C=O) groups excluding carboxylic acids is 5. The van der Waals surface area contributed by atoms with Crippen molar-refractivity contribution in [3.63, 3.8) is 0 Å². The maximum Gasteiger partial charge on any atom is 0.235 e. The lowest BCUT2D eigenvalue weighted by atomic mass is 9.52. The van der Waals surface area contributed by atoms with Crippen molar-refractivity contribution in [3.05, 3.63) is 28.3 Å². The smallest absolute Gasteiger partial charge is 0.235 e. The Hall–Kier alpha value is -2.95. The number of hydrogen-bond donors (Lipinski definition) is 4. The molecule has 2 saturated carbocycles. The molecule has 1 aromatic carbocycles. The monoisotopic (exact) mass is 499 g/mol. The topological polar surface area (TPSA) is 181 Å². The summed E-state index contributed by atoms with van der Waals surface area (Å²) in [6, 6.07) is 0.647. The lowest BCUT2D eigenvalue weighted by Gasteiger charge is -2.52. The predicted octanol–water partition coefficient (Wildman–Crippen LogP) is -0.377. The second kappa shape index (κ2) is 8.29. The number of nitrogens with two attached hydrogens (primary N) is 2. The highest BCUT2D eigenvalue weighted by Crippen LogP contribution is 2.52. The van der Waals surface area contributed by atoms with Crippen LogP contribution in [-0.4, -0.2) is 69.9 Å². The van der Waals surface area contributed by atoms with Gasteiger partial charge in [0, 0.05) is 18.0 Å². The molecule has 6 N–H and O–H groups in total. The summed E-state index contributed by atoms with van der Waals surface area (Å²) in [6.45, 7) is 5.71. The van der Waals surface area contributed by atoms with Crippen molar-refractivity contribution in [2.75, 3.05) is 14.1 Å². The Bertz CT molecular complexity index is 1210. The molecule has 6 atom stereocenters. The number of carbonyl (C=O) groups is 5. The first kappa shape index (κ1) is 26.1. The molecule has 0 aliphatic heterocycles. The molecule has 194 valence electrons. The summed E-state index contributed by atoms with van der Waals surface area (Å²) >= 11 is 0. The number of aromatic hydroxyl groups is 1. The van der Waals surface area contributed by atoms with Crippen LogP contribution in [0.5, 0.6) is 5.75 Å². The number of likely N-dealkylation sites (N-methyl/N-ethyl adjacent to an activating group) is 1. The first-order chi connectivity index (χ1) is 16.6. The van der Waals surface area contributed by atoms with E-state index in [1.54, 1.807) is 20.2 Å². The van der Waals surface area contributed by atoms with Gasteiger partial charge in [0.2, 0.25) is 5.91 Å². The van der Waals surface area contributed by atoms with E-state index >= 15 is 0 Å². The Morgan fingerprint density at radius 3 is 2.28 bits per heavy atom. The molecule has 10 heteroatoms. The van der Waals surface area contributed by atoms with Gasteiger partial charge >= 0.3 is 0 Å². The number of nitrogens with zero attached hydrogens (tertiary/aromatic N) is 1. The van der Waals surface area contributed by atoms with Crippen molar-refractivity contribution in [1.29, 1.82) is 0 Å². The van der Waals surface area contributed by atoms with Crippen molar-refractivity contribution in [1.82, 2.24) is 4.90 Å². The van der Waals surface area contributed by atoms with Gasteiger partial charge in [-0.15, -0.1) is 0 Å². The Balaban J connectivity index is 1.91. The summed E-state index contributed by atoms with van der Waals surface area (Å²) in [5.41, 5.74) is 9.76. The third-order valence-corrected chi connectivity index (χ3v) is 8.18. The van der Waals surface area contributed by atoms with Crippen LogP contribution in [0.4, 0.5) is 0 Å². The van der Waals surface area contributed by atoms with Crippen LogP contribution in [0.3, 0.4) is 0 Å². The van der Waals surface area contributed by atoms with Gasteiger partial charge < -0.3 is 21.7 Å². The first-order valence-electron chi connectivity index (χ1n) is 12.0. The molecule has 1 amide bonds. The SMILES string of the molecule is CN(C)[C@H]1C(=O)C(C(N)=O)C(=O)[C@@]2(O)C(=O)C3C(=O)c4c(O)c(C(C)(C)C)cc(CN)c4C[C@@H]3C[C@H]12. The first-order valence-corrected chi connectivity index (χ1v) is 12.0. The molecule has 0 saturated heterocycles. The van der Waals surface area contributed by atoms with Gasteiger partial charge in [0.15, 0.2) is 34.7 Å². The Labute approximate surface area is 209 Å². The van der Waals surface area contributed by atoms with Crippen LogP contribution in [0.1, 0.15) is 54.2 Å². The molecule has 2 fully saturated rings. The standard InChI is InChI=1S/C26H33N3O7/c1-25(2,3)14-8-11(9-27)12-6-10-7-13-18(29(4)5)21(32)17(24(28)35)23(34)26(13,36)22(33)15(10)20(31)16(12)19(14)30/h8,10,13,15,17-18,30,36H,6-7,9,27H2,1-5H3,(H2,28,35)/t10-,13-,15?,17?,18-,26+/m1/s1. The summed E-state index contributed by atoms with van der Waals surface area (Å²) in [7, 11) is 3.10.